The van der Waals surface area contributed by atoms with E-state index >= 15 is 0 Å². The van der Waals surface area contributed by atoms with Gasteiger partial charge in [-0.3, -0.25) is 14.2 Å². The number of aromatic nitrogens is 2. The van der Waals surface area contributed by atoms with Crippen molar-refractivity contribution in [1.29, 1.82) is 0 Å². The predicted molar refractivity (Wildman–Crippen MR) is 102 cm³/mol. The summed E-state index contributed by atoms with van der Waals surface area (Å²) in [7, 11) is 0. The number of nitrogens with two attached hydrogens (primary N) is 1. The third-order valence-corrected chi connectivity index (χ3v) is 4.86. The first-order valence-corrected chi connectivity index (χ1v) is 8.98. The molecule has 8 heteroatoms. The number of hydrogen-bond donors (Lipinski definition) is 2. The number of primary amides is 1. The molecule has 1 aromatic heterocycles. The van der Waals surface area contributed by atoms with Crippen LogP contribution in [0.2, 0.25) is 0 Å². The number of imidazole rings is 1. The number of carbonyl (C=O) groups is 2. The first kappa shape index (κ1) is 18.7. The van der Waals surface area contributed by atoms with Gasteiger partial charge in [-0.25, -0.2) is 9.37 Å². The lowest BCUT2D eigenvalue weighted by Gasteiger charge is -2.13. The van der Waals surface area contributed by atoms with Crippen LogP contribution in [0.25, 0.3) is 5.69 Å². The molecule has 27 heavy (non-hydrogen) atoms. The topological polar surface area (TPSA) is 90.0 Å². The molecule has 0 radical (unpaired) electrons. The molecule has 3 N–H and O–H groups in total. The Bertz CT molecular complexity index is 972. The first-order chi connectivity index (χ1) is 12.9. The van der Waals surface area contributed by atoms with E-state index in [1.807, 2.05) is 0 Å². The fraction of sp³-hybridized carbons (Fsp3) is 0.105. The number of halogens is 1. The molecule has 2 amide bonds. The van der Waals surface area contributed by atoms with Gasteiger partial charge in [-0.2, -0.15) is 0 Å². The smallest absolute Gasteiger partial charge is 0.248 e. The summed E-state index contributed by atoms with van der Waals surface area (Å²) in [5, 5.41) is 2.91. The zero-order chi connectivity index (χ0) is 19.4. The van der Waals surface area contributed by atoms with E-state index in [4.69, 9.17) is 5.73 Å². The van der Waals surface area contributed by atoms with E-state index < -0.39 is 11.2 Å². The summed E-state index contributed by atoms with van der Waals surface area (Å²) >= 11 is 1.26. The van der Waals surface area contributed by atoms with Gasteiger partial charge in [0.2, 0.25) is 11.8 Å². The second-order valence-corrected chi connectivity index (χ2v) is 7.06. The van der Waals surface area contributed by atoms with E-state index in [1.54, 1.807) is 60.3 Å². The lowest BCUT2D eigenvalue weighted by Crippen LogP contribution is -2.23. The molecule has 138 valence electrons. The molecule has 3 rings (SSSR count). The highest BCUT2D eigenvalue weighted by Gasteiger charge is 2.18. The van der Waals surface area contributed by atoms with Crippen LogP contribution in [0.3, 0.4) is 0 Å². The molecule has 3 aromatic rings. The molecule has 0 saturated heterocycles. The van der Waals surface area contributed by atoms with Crippen molar-refractivity contribution in [2.75, 3.05) is 5.32 Å². The quantitative estimate of drug-likeness (QED) is 0.639. The van der Waals surface area contributed by atoms with Gasteiger partial charge in [0.15, 0.2) is 5.16 Å². The van der Waals surface area contributed by atoms with Gasteiger partial charge in [0.1, 0.15) is 5.82 Å². The van der Waals surface area contributed by atoms with Crippen molar-refractivity contribution >= 4 is 29.3 Å². The van der Waals surface area contributed by atoms with Crippen molar-refractivity contribution in [1.82, 2.24) is 9.55 Å². The molecule has 0 bridgehead atoms. The van der Waals surface area contributed by atoms with Crippen molar-refractivity contribution < 1.29 is 14.0 Å². The normalized spacial score (nSPS) is 11.8. The van der Waals surface area contributed by atoms with Crippen LogP contribution in [0.4, 0.5) is 10.1 Å². The zero-order valence-corrected chi connectivity index (χ0v) is 15.2. The van der Waals surface area contributed by atoms with Gasteiger partial charge in [-0.1, -0.05) is 17.8 Å². The lowest BCUT2D eigenvalue weighted by atomic mass is 10.2. The molecule has 2 aromatic carbocycles. The number of anilines is 1. The minimum absolute atomic E-state index is 0.222. The molecular weight excluding hydrogens is 367 g/mol. The first-order valence-electron chi connectivity index (χ1n) is 8.11. The average molecular weight is 384 g/mol. The van der Waals surface area contributed by atoms with Gasteiger partial charge >= 0.3 is 0 Å². The maximum Gasteiger partial charge on any atom is 0.248 e. The van der Waals surface area contributed by atoms with Crippen LogP contribution >= 0.6 is 11.8 Å². The van der Waals surface area contributed by atoms with Gasteiger partial charge in [0.05, 0.1) is 10.9 Å². The van der Waals surface area contributed by atoms with E-state index in [0.29, 0.717) is 22.1 Å². The van der Waals surface area contributed by atoms with Crippen molar-refractivity contribution in [2.45, 2.75) is 17.3 Å². The summed E-state index contributed by atoms with van der Waals surface area (Å²) in [6.45, 7) is 1.75. The molecule has 0 aliphatic rings. The predicted octanol–water partition coefficient (Wildman–Crippen LogP) is 3.23. The Balaban J connectivity index is 1.69. The van der Waals surface area contributed by atoms with Crippen molar-refractivity contribution in [3.63, 3.8) is 0 Å². The Labute approximate surface area is 159 Å². The number of nitrogens with one attached hydrogen (secondary N) is 1. The lowest BCUT2D eigenvalue weighted by molar-refractivity contribution is -0.115. The second-order valence-electron chi connectivity index (χ2n) is 5.75. The van der Waals surface area contributed by atoms with Crippen molar-refractivity contribution in [3.05, 3.63) is 72.3 Å². The van der Waals surface area contributed by atoms with Gasteiger partial charge in [0.25, 0.3) is 0 Å². The standard InChI is InChI=1S/C19H17FN4O2S/c1-12(18(26)23-15-7-5-13(6-8-15)17(21)25)27-19-22-9-10-24(19)16-4-2-3-14(20)11-16/h2-12H,1H3,(H2,21,25)(H,23,26)/t12-/m0/s1. The zero-order valence-electron chi connectivity index (χ0n) is 14.4. The summed E-state index contributed by atoms with van der Waals surface area (Å²) in [6, 6.07) is 12.5. The number of amides is 2. The molecule has 0 aliphatic heterocycles. The van der Waals surface area contributed by atoms with Crippen molar-refractivity contribution in [3.8, 4) is 5.69 Å². The number of nitrogens with zero attached hydrogens (tertiary/aromatic N) is 2. The Morgan fingerprint density at radius 2 is 1.96 bits per heavy atom. The third-order valence-electron chi connectivity index (χ3n) is 3.78. The monoisotopic (exact) mass is 384 g/mol. The van der Waals surface area contributed by atoms with Crippen LogP contribution in [-0.4, -0.2) is 26.6 Å². The molecule has 1 atom stereocenters. The highest BCUT2D eigenvalue weighted by molar-refractivity contribution is 8.00. The minimum Gasteiger partial charge on any atom is -0.366 e. The molecule has 0 aliphatic carbocycles. The maximum absolute atomic E-state index is 13.5. The van der Waals surface area contributed by atoms with Crippen LogP contribution in [0.5, 0.6) is 0 Å². The van der Waals surface area contributed by atoms with Crippen LogP contribution in [0.1, 0.15) is 17.3 Å². The SMILES string of the molecule is C[C@H](Sc1nccn1-c1cccc(F)c1)C(=O)Nc1ccc(C(N)=O)cc1. The largest absolute Gasteiger partial charge is 0.366 e. The van der Waals surface area contributed by atoms with Crippen LogP contribution in [-0.2, 0) is 4.79 Å². The van der Waals surface area contributed by atoms with Gasteiger partial charge in [-0.05, 0) is 49.4 Å². The van der Waals surface area contributed by atoms with Crippen LogP contribution in [0, 0.1) is 5.82 Å². The van der Waals surface area contributed by atoms with Crippen LogP contribution in [0.15, 0.2) is 66.1 Å². The molecule has 0 unspecified atom stereocenters. The Morgan fingerprint density at radius 3 is 2.63 bits per heavy atom. The molecule has 0 spiro atoms. The maximum atomic E-state index is 13.5. The Kier molecular flexibility index (Phi) is 5.56. The number of hydrogen-bond acceptors (Lipinski definition) is 4. The third kappa shape index (κ3) is 4.53. The fourth-order valence-electron chi connectivity index (χ4n) is 2.37. The van der Waals surface area contributed by atoms with Gasteiger partial charge < -0.3 is 11.1 Å². The molecule has 1 heterocycles. The molecule has 0 saturated carbocycles. The van der Waals surface area contributed by atoms with E-state index in [0.717, 1.165) is 0 Å². The summed E-state index contributed by atoms with van der Waals surface area (Å²) in [5.74, 6) is -1.09. The summed E-state index contributed by atoms with van der Waals surface area (Å²) < 4.78 is 15.2. The molecular formula is C19H17FN4O2S. The van der Waals surface area contributed by atoms with E-state index in [1.165, 1.54) is 23.9 Å². The number of thioether (sulfide) groups is 1. The average Bonchev–Trinajstić information content (AvgIpc) is 3.10. The Morgan fingerprint density at radius 1 is 1.22 bits per heavy atom. The fourth-order valence-corrected chi connectivity index (χ4v) is 3.26. The van der Waals surface area contributed by atoms with E-state index in [-0.39, 0.29) is 11.7 Å². The van der Waals surface area contributed by atoms with E-state index in [2.05, 4.69) is 10.3 Å². The molecule has 6 nitrogen and oxygen atoms in total. The van der Waals surface area contributed by atoms with Gasteiger partial charge in [-0.15, -0.1) is 0 Å². The van der Waals surface area contributed by atoms with Crippen LogP contribution < -0.4 is 11.1 Å². The second kappa shape index (κ2) is 8.05. The molecule has 0 fully saturated rings. The minimum atomic E-state index is -0.527. The number of carbonyl (C=O) groups excluding carboxylic acids is 2. The number of rotatable bonds is 6. The van der Waals surface area contributed by atoms with Crippen molar-refractivity contribution in [2.24, 2.45) is 5.73 Å². The summed E-state index contributed by atoms with van der Waals surface area (Å²) in [5.41, 5.74) is 6.76. The Hall–Kier alpha value is -3.13. The highest BCUT2D eigenvalue weighted by atomic mass is 32.2. The highest BCUT2D eigenvalue weighted by Crippen LogP contribution is 2.25. The summed E-state index contributed by atoms with van der Waals surface area (Å²) in [6.07, 6.45) is 3.31. The number of benzene rings is 2. The summed E-state index contributed by atoms with van der Waals surface area (Å²) in [4.78, 5) is 27.8. The van der Waals surface area contributed by atoms with E-state index in [9.17, 15) is 14.0 Å². The van der Waals surface area contributed by atoms with Gasteiger partial charge in [0, 0.05) is 23.6 Å².